The van der Waals surface area contributed by atoms with E-state index in [1.54, 1.807) is 30.3 Å². The number of methoxy groups -OCH3 is 3. The Morgan fingerprint density at radius 1 is 0.967 bits per heavy atom. The molecule has 0 fully saturated rings. The van der Waals surface area contributed by atoms with Crippen molar-refractivity contribution < 1.29 is 18.6 Å². The molecule has 3 aromatic carbocycles. The molecule has 7 nitrogen and oxygen atoms in total. The first kappa shape index (κ1) is 19.2. The van der Waals surface area contributed by atoms with Gasteiger partial charge in [-0.25, -0.2) is 4.79 Å². The maximum absolute atomic E-state index is 12.6. The Balaban J connectivity index is 2.16. The van der Waals surface area contributed by atoms with Crippen LogP contribution >= 0.6 is 0 Å². The molecule has 0 bridgehead atoms. The lowest BCUT2D eigenvalue weighted by atomic mass is 9.93. The number of rotatable bonds is 4. The van der Waals surface area contributed by atoms with Crippen molar-refractivity contribution in [1.82, 2.24) is 0 Å². The van der Waals surface area contributed by atoms with Gasteiger partial charge in [-0.15, -0.1) is 0 Å². The highest BCUT2D eigenvalue weighted by atomic mass is 16.5. The first-order chi connectivity index (χ1) is 14.5. The Morgan fingerprint density at radius 2 is 1.63 bits per heavy atom. The highest BCUT2D eigenvalue weighted by Gasteiger charge is 2.21. The smallest absolute Gasteiger partial charge is 0.346 e. The van der Waals surface area contributed by atoms with E-state index in [9.17, 15) is 10.1 Å². The summed E-state index contributed by atoms with van der Waals surface area (Å²) in [6.45, 7) is 0. The zero-order valence-corrected chi connectivity index (χ0v) is 16.6. The van der Waals surface area contributed by atoms with Gasteiger partial charge in [0.05, 0.1) is 38.0 Å². The van der Waals surface area contributed by atoms with Crippen molar-refractivity contribution in [3.05, 3.63) is 58.4 Å². The van der Waals surface area contributed by atoms with Crippen LogP contribution in [0, 0.1) is 11.3 Å². The number of benzene rings is 3. The standard InChI is InChI=1S/C23H18N2O5/c1-27-18-8-12(9-19(28-2)22(18)29-3)14-10-15-13-6-4-5-7-17(13)30-23(26)20(15)21(25)16(14)11-24/h4-10H,25H2,1-3H3. The summed E-state index contributed by atoms with van der Waals surface area (Å²) in [4.78, 5) is 12.6. The molecule has 0 spiro atoms. The number of nitrogen functional groups attached to an aromatic ring is 1. The minimum Gasteiger partial charge on any atom is -0.493 e. The molecule has 0 atom stereocenters. The first-order valence-corrected chi connectivity index (χ1v) is 9.02. The quantitative estimate of drug-likeness (QED) is 0.311. The van der Waals surface area contributed by atoms with Gasteiger partial charge in [0.2, 0.25) is 5.75 Å². The summed E-state index contributed by atoms with van der Waals surface area (Å²) in [5.74, 6) is 1.31. The van der Waals surface area contributed by atoms with Crippen LogP contribution in [0.3, 0.4) is 0 Å². The van der Waals surface area contributed by atoms with Crippen molar-refractivity contribution in [2.45, 2.75) is 0 Å². The second-order valence-electron chi connectivity index (χ2n) is 6.55. The van der Waals surface area contributed by atoms with Gasteiger partial charge >= 0.3 is 5.63 Å². The first-order valence-electron chi connectivity index (χ1n) is 9.02. The highest BCUT2D eigenvalue weighted by Crippen LogP contribution is 2.43. The van der Waals surface area contributed by atoms with E-state index in [1.807, 2.05) is 12.1 Å². The third-order valence-electron chi connectivity index (χ3n) is 5.04. The summed E-state index contributed by atoms with van der Waals surface area (Å²) in [5, 5.41) is 11.3. The van der Waals surface area contributed by atoms with Crippen LogP contribution in [-0.4, -0.2) is 21.3 Å². The molecular weight excluding hydrogens is 384 g/mol. The average Bonchev–Trinajstić information content (AvgIpc) is 2.77. The van der Waals surface area contributed by atoms with Gasteiger partial charge in [-0.1, -0.05) is 18.2 Å². The molecule has 0 saturated carbocycles. The minimum absolute atomic E-state index is 0.0678. The van der Waals surface area contributed by atoms with Crippen molar-refractivity contribution in [1.29, 1.82) is 5.26 Å². The minimum atomic E-state index is -0.589. The van der Waals surface area contributed by atoms with Gasteiger partial charge in [-0.05, 0) is 29.8 Å². The lowest BCUT2D eigenvalue weighted by molar-refractivity contribution is 0.324. The van der Waals surface area contributed by atoms with Gasteiger partial charge < -0.3 is 24.4 Å². The van der Waals surface area contributed by atoms with Gasteiger partial charge in [0, 0.05) is 16.3 Å². The summed E-state index contributed by atoms with van der Waals surface area (Å²) in [6.07, 6.45) is 0. The van der Waals surface area contributed by atoms with E-state index in [2.05, 4.69) is 6.07 Å². The molecule has 1 aromatic heterocycles. The average molecular weight is 402 g/mol. The lowest BCUT2D eigenvalue weighted by Crippen LogP contribution is -2.06. The molecule has 4 aromatic rings. The second-order valence-corrected chi connectivity index (χ2v) is 6.55. The Bertz CT molecular complexity index is 1370. The van der Waals surface area contributed by atoms with E-state index in [1.165, 1.54) is 21.3 Å². The second kappa shape index (κ2) is 7.33. The zero-order valence-electron chi connectivity index (χ0n) is 16.6. The molecule has 150 valence electrons. The number of anilines is 1. The zero-order chi connectivity index (χ0) is 21.4. The number of nitriles is 1. The molecule has 2 N–H and O–H groups in total. The van der Waals surface area contributed by atoms with Crippen molar-refractivity contribution in [3.63, 3.8) is 0 Å². The molecule has 0 unspecified atom stereocenters. The van der Waals surface area contributed by atoms with E-state index in [4.69, 9.17) is 24.4 Å². The van der Waals surface area contributed by atoms with Crippen molar-refractivity contribution in [2.75, 3.05) is 27.1 Å². The van der Waals surface area contributed by atoms with E-state index < -0.39 is 5.63 Å². The number of nitrogens with zero attached hydrogens (tertiary/aromatic N) is 1. The summed E-state index contributed by atoms with van der Waals surface area (Å²) < 4.78 is 21.7. The summed E-state index contributed by atoms with van der Waals surface area (Å²) in [7, 11) is 4.54. The predicted octanol–water partition coefficient (Wildman–Crippen LogP) is 4.09. The van der Waals surface area contributed by atoms with Crippen LogP contribution in [0.4, 0.5) is 5.69 Å². The van der Waals surface area contributed by atoms with Gasteiger partial charge in [0.1, 0.15) is 11.7 Å². The van der Waals surface area contributed by atoms with Crippen LogP contribution < -0.4 is 25.6 Å². The molecule has 4 rings (SSSR count). The van der Waals surface area contributed by atoms with E-state index >= 15 is 0 Å². The molecule has 0 saturated heterocycles. The van der Waals surface area contributed by atoms with Gasteiger partial charge in [0.15, 0.2) is 11.5 Å². The molecule has 0 aliphatic rings. The molecule has 0 aliphatic carbocycles. The Kier molecular flexibility index (Phi) is 4.68. The SMILES string of the molecule is COc1cc(-c2cc3c(c(N)c2C#N)c(=O)oc2ccccc23)cc(OC)c1OC. The lowest BCUT2D eigenvalue weighted by Gasteiger charge is -2.16. The molecule has 7 heteroatoms. The number of nitrogens with two attached hydrogens (primary N) is 1. The maximum Gasteiger partial charge on any atom is 0.346 e. The third kappa shape index (κ3) is 2.78. The van der Waals surface area contributed by atoms with Crippen molar-refractivity contribution in [2.24, 2.45) is 0 Å². The van der Waals surface area contributed by atoms with Gasteiger partial charge in [0.25, 0.3) is 0 Å². The number of hydrogen-bond donors (Lipinski definition) is 1. The van der Waals surface area contributed by atoms with Crippen LogP contribution in [-0.2, 0) is 0 Å². The topological polar surface area (TPSA) is 108 Å². The fraction of sp³-hybridized carbons (Fsp3) is 0.130. The maximum atomic E-state index is 12.6. The van der Waals surface area contributed by atoms with E-state index in [-0.39, 0.29) is 16.6 Å². The monoisotopic (exact) mass is 402 g/mol. The Morgan fingerprint density at radius 3 is 2.23 bits per heavy atom. The molecular formula is C23H18N2O5. The van der Waals surface area contributed by atoms with Gasteiger partial charge in [-0.2, -0.15) is 5.26 Å². The van der Waals surface area contributed by atoms with Crippen molar-refractivity contribution >= 4 is 27.4 Å². The predicted molar refractivity (Wildman–Crippen MR) is 114 cm³/mol. The Hall–Kier alpha value is -4.18. The fourth-order valence-electron chi connectivity index (χ4n) is 3.65. The number of hydrogen-bond acceptors (Lipinski definition) is 7. The van der Waals surface area contributed by atoms with Crippen LogP contribution in [0.25, 0.3) is 32.9 Å². The van der Waals surface area contributed by atoms with Crippen molar-refractivity contribution in [3.8, 4) is 34.4 Å². The fourth-order valence-corrected chi connectivity index (χ4v) is 3.65. The van der Waals surface area contributed by atoms with Crippen LogP contribution in [0.5, 0.6) is 17.2 Å². The Labute approximate surface area is 171 Å². The summed E-state index contributed by atoms with van der Waals surface area (Å²) in [6, 6.07) is 14.5. The van der Waals surface area contributed by atoms with E-state index in [0.29, 0.717) is 39.3 Å². The third-order valence-corrected chi connectivity index (χ3v) is 5.04. The number of para-hydroxylation sites is 1. The van der Waals surface area contributed by atoms with Gasteiger partial charge in [-0.3, -0.25) is 0 Å². The number of ether oxygens (including phenoxy) is 3. The molecule has 0 amide bonds. The molecule has 0 radical (unpaired) electrons. The largest absolute Gasteiger partial charge is 0.493 e. The normalized spacial score (nSPS) is 10.7. The highest BCUT2D eigenvalue weighted by molar-refractivity contribution is 6.11. The summed E-state index contributed by atoms with van der Waals surface area (Å²) >= 11 is 0. The molecule has 0 aliphatic heterocycles. The van der Waals surface area contributed by atoms with E-state index in [0.717, 1.165) is 5.39 Å². The van der Waals surface area contributed by atoms with Crippen LogP contribution in [0.15, 0.2) is 51.7 Å². The molecule has 30 heavy (non-hydrogen) atoms. The summed E-state index contributed by atoms with van der Waals surface area (Å²) in [5.41, 5.74) is 7.54. The molecule has 1 heterocycles. The number of fused-ring (bicyclic) bond motifs is 3. The van der Waals surface area contributed by atoms with Crippen LogP contribution in [0.1, 0.15) is 5.56 Å². The van der Waals surface area contributed by atoms with Crippen LogP contribution in [0.2, 0.25) is 0 Å².